The predicted molar refractivity (Wildman–Crippen MR) is 100 cm³/mol. The van der Waals surface area contributed by atoms with Gasteiger partial charge in [-0.15, -0.1) is 0 Å². The lowest BCUT2D eigenvalue weighted by Gasteiger charge is -2.27. The van der Waals surface area contributed by atoms with Gasteiger partial charge in [0.1, 0.15) is 11.5 Å². The van der Waals surface area contributed by atoms with Gasteiger partial charge in [-0.05, 0) is 43.2 Å². The second kappa shape index (κ2) is 7.11. The van der Waals surface area contributed by atoms with Crippen LogP contribution in [0.15, 0.2) is 48.8 Å². The van der Waals surface area contributed by atoms with Gasteiger partial charge in [0, 0.05) is 30.4 Å². The number of hydrogen-bond donors (Lipinski definition) is 1. The van der Waals surface area contributed by atoms with Crippen molar-refractivity contribution in [2.45, 2.75) is 13.3 Å². The number of anilines is 2. The number of nitrogens with one attached hydrogen (secondary N) is 1. The van der Waals surface area contributed by atoms with Crippen LogP contribution in [-0.4, -0.2) is 38.8 Å². The first-order chi connectivity index (χ1) is 13.2. The van der Waals surface area contributed by atoms with Gasteiger partial charge in [-0.3, -0.25) is 4.79 Å². The fourth-order valence-electron chi connectivity index (χ4n) is 3.17. The molecule has 6 nitrogen and oxygen atoms in total. The average molecular weight is 363 g/mol. The summed E-state index contributed by atoms with van der Waals surface area (Å²) >= 11 is 0. The topological polar surface area (TPSA) is 71.0 Å². The van der Waals surface area contributed by atoms with Crippen molar-refractivity contribution in [3.8, 4) is 11.3 Å². The lowest BCUT2D eigenvalue weighted by Crippen LogP contribution is -2.37. The van der Waals surface area contributed by atoms with Crippen LogP contribution in [0.1, 0.15) is 22.8 Å². The molecule has 0 saturated heterocycles. The molecule has 136 valence electrons. The SMILES string of the molecule is CCN1CCc2cc(-c3nc(Nc4ccccn4)ncc3F)ccc2C1=O. The summed E-state index contributed by atoms with van der Waals surface area (Å²) in [6, 6.07) is 10.7. The number of aromatic nitrogens is 3. The fourth-order valence-corrected chi connectivity index (χ4v) is 3.17. The highest BCUT2D eigenvalue weighted by Gasteiger charge is 2.24. The number of fused-ring (bicyclic) bond motifs is 1. The summed E-state index contributed by atoms with van der Waals surface area (Å²) in [6.07, 6.45) is 3.53. The van der Waals surface area contributed by atoms with Gasteiger partial charge in [-0.2, -0.15) is 0 Å². The second-order valence-corrected chi connectivity index (χ2v) is 6.24. The van der Waals surface area contributed by atoms with Crippen LogP contribution < -0.4 is 5.32 Å². The summed E-state index contributed by atoms with van der Waals surface area (Å²) in [5.41, 5.74) is 2.40. The van der Waals surface area contributed by atoms with E-state index in [0.29, 0.717) is 30.0 Å². The third-order valence-electron chi connectivity index (χ3n) is 4.58. The van der Waals surface area contributed by atoms with E-state index < -0.39 is 5.82 Å². The van der Waals surface area contributed by atoms with Crippen molar-refractivity contribution in [2.24, 2.45) is 0 Å². The number of nitrogens with zero attached hydrogens (tertiary/aromatic N) is 4. The molecule has 3 aromatic rings. The minimum absolute atomic E-state index is 0.0194. The molecule has 27 heavy (non-hydrogen) atoms. The van der Waals surface area contributed by atoms with Crippen LogP contribution in [0.3, 0.4) is 0 Å². The third-order valence-corrected chi connectivity index (χ3v) is 4.58. The molecule has 0 radical (unpaired) electrons. The van der Waals surface area contributed by atoms with Gasteiger partial charge in [-0.1, -0.05) is 12.1 Å². The Morgan fingerprint density at radius 2 is 2.11 bits per heavy atom. The standard InChI is InChI=1S/C20H18FN5O/c1-2-26-10-8-13-11-14(6-7-15(13)19(26)27)18-16(21)12-23-20(25-18)24-17-5-3-4-9-22-17/h3-7,9,11-12H,2,8,10H2,1H3,(H,22,23,24,25). The van der Waals surface area contributed by atoms with E-state index in [9.17, 15) is 9.18 Å². The van der Waals surface area contributed by atoms with Gasteiger partial charge in [0.15, 0.2) is 5.82 Å². The first kappa shape index (κ1) is 17.1. The van der Waals surface area contributed by atoms with E-state index in [1.165, 1.54) is 0 Å². The van der Waals surface area contributed by atoms with Crippen molar-refractivity contribution in [3.05, 3.63) is 65.7 Å². The molecule has 1 aliphatic heterocycles. The smallest absolute Gasteiger partial charge is 0.254 e. The molecular formula is C20H18FN5O. The van der Waals surface area contributed by atoms with Gasteiger partial charge in [0.25, 0.3) is 5.91 Å². The summed E-state index contributed by atoms with van der Waals surface area (Å²) in [4.78, 5) is 26.7. The molecule has 1 N–H and O–H groups in total. The Morgan fingerprint density at radius 3 is 2.89 bits per heavy atom. The lowest BCUT2D eigenvalue weighted by atomic mass is 9.95. The maximum absolute atomic E-state index is 14.4. The number of amides is 1. The number of likely N-dealkylation sites (N-methyl/N-ethyl adjacent to an activating group) is 1. The summed E-state index contributed by atoms with van der Waals surface area (Å²) < 4.78 is 14.4. The Labute approximate surface area is 156 Å². The van der Waals surface area contributed by atoms with Crippen molar-refractivity contribution < 1.29 is 9.18 Å². The first-order valence-electron chi connectivity index (χ1n) is 8.79. The van der Waals surface area contributed by atoms with Crippen molar-refractivity contribution in [1.82, 2.24) is 19.9 Å². The molecular weight excluding hydrogens is 345 g/mol. The highest BCUT2D eigenvalue weighted by atomic mass is 19.1. The van der Waals surface area contributed by atoms with Crippen LogP contribution in [0.2, 0.25) is 0 Å². The van der Waals surface area contributed by atoms with Gasteiger partial charge < -0.3 is 10.2 Å². The van der Waals surface area contributed by atoms with Crippen LogP contribution in [0, 0.1) is 5.82 Å². The van der Waals surface area contributed by atoms with Crippen LogP contribution >= 0.6 is 0 Å². The number of pyridine rings is 1. The zero-order chi connectivity index (χ0) is 18.8. The maximum atomic E-state index is 14.4. The Bertz CT molecular complexity index is 993. The number of hydrogen-bond acceptors (Lipinski definition) is 5. The largest absolute Gasteiger partial charge is 0.339 e. The third kappa shape index (κ3) is 3.36. The molecule has 0 aliphatic carbocycles. The number of halogens is 1. The van der Waals surface area contributed by atoms with Crippen molar-refractivity contribution in [3.63, 3.8) is 0 Å². The van der Waals surface area contributed by atoms with E-state index in [-0.39, 0.29) is 17.5 Å². The summed E-state index contributed by atoms with van der Waals surface area (Å²) in [5, 5.41) is 2.96. The van der Waals surface area contributed by atoms with Gasteiger partial charge in [0.2, 0.25) is 5.95 Å². The molecule has 1 aliphatic rings. The zero-order valence-corrected chi connectivity index (χ0v) is 14.8. The van der Waals surface area contributed by atoms with E-state index in [2.05, 4.69) is 20.3 Å². The molecule has 0 spiro atoms. The quantitative estimate of drug-likeness (QED) is 0.769. The molecule has 0 bridgehead atoms. The lowest BCUT2D eigenvalue weighted by molar-refractivity contribution is 0.0749. The van der Waals surface area contributed by atoms with Gasteiger partial charge in [0.05, 0.1) is 6.20 Å². The summed E-state index contributed by atoms with van der Waals surface area (Å²) in [7, 11) is 0. The minimum Gasteiger partial charge on any atom is -0.339 e. The first-order valence-corrected chi connectivity index (χ1v) is 8.79. The molecule has 4 rings (SSSR count). The van der Waals surface area contributed by atoms with Gasteiger partial charge >= 0.3 is 0 Å². The van der Waals surface area contributed by atoms with E-state index >= 15 is 0 Å². The van der Waals surface area contributed by atoms with Gasteiger partial charge in [-0.25, -0.2) is 19.3 Å². The van der Waals surface area contributed by atoms with Crippen LogP contribution in [0.4, 0.5) is 16.2 Å². The van der Waals surface area contributed by atoms with E-state index in [0.717, 1.165) is 18.2 Å². The summed E-state index contributed by atoms with van der Waals surface area (Å²) in [5.74, 6) is 0.339. The Balaban J connectivity index is 1.67. The number of carbonyl (C=O) groups is 1. The molecule has 0 atom stereocenters. The molecule has 3 heterocycles. The molecule has 0 unspecified atom stereocenters. The number of rotatable bonds is 4. The number of carbonyl (C=O) groups excluding carboxylic acids is 1. The van der Waals surface area contributed by atoms with Crippen molar-refractivity contribution >= 4 is 17.7 Å². The Morgan fingerprint density at radius 1 is 1.22 bits per heavy atom. The maximum Gasteiger partial charge on any atom is 0.254 e. The Kier molecular flexibility index (Phi) is 4.50. The fraction of sp³-hybridized carbons (Fsp3) is 0.200. The highest BCUT2D eigenvalue weighted by molar-refractivity contribution is 5.97. The molecule has 1 aromatic carbocycles. The normalized spacial score (nSPS) is 13.4. The monoisotopic (exact) mass is 363 g/mol. The molecule has 1 amide bonds. The molecule has 0 saturated carbocycles. The van der Waals surface area contributed by atoms with E-state index in [1.807, 2.05) is 24.0 Å². The van der Waals surface area contributed by atoms with Crippen LogP contribution in [0.5, 0.6) is 0 Å². The summed E-state index contributed by atoms with van der Waals surface area (Å²) in [6.45, 7) is 3.32. The van der Waals surface area contributed by atoms with Crippen LogP contribution in [-0.2, 0) is 6.42 Å². The van der Waals surface area contributed by atoms with E-state index in [1.54, 1.807) is 30.5 Å². The van der Waals surface area contributed by atoms with Crippen LogP contribution in [0.25, 0.3) is 11.3 Å². The minimum atomic E-state index is -0.515. The molecule has 0 fully saturated rings. The highest BCUT2D eigenvalue weighted by Crippen LogP contribution is 2.27. The molecule has 2 aromatic heterocycles. The van der Waals surface area contributed by atoms with Crippen molar-refractivity contribution in [1.29, 1.82) is 0 Å². The second-order valence-electron chi connectivity index (χ2n) is 6.24. The number of benzene rings is 1. The zero-order valence-electron chi connectivity index (χ0n) is 14.8. The predicted octanol–water partition coefficient (Wildman–Crippen LogP) is 3.44. The Hall–Kier alpha value is -3.35. The van der Waals surface area contributed by atoms with Crippen molar-refractivity contribution in [2.75, 3.05) is 18.4 Å². The average Bonchev–Trinajstić information content (AvgIpc) is 2.70. The molecule has 7 heteroatoms. The van der Waals surface area contributed by atoms with E-state index in [4.69, 9.17) is 0 Å².